The van der Waals surface area contributed by atoms with Crippen molar-refractivity contribution in [3.8, 4) is 0 Å². The van der Waals surface area contributed by atoms with Crippen molar-refractivity contribution in [3.05, 3.63) is 12.2 Å². The van der Waals surface area contributed by atoms with Crippen molar-refractivity contribution < 1.29 is 4.79 Å². The summed E-state index contributed by atoms with van der Waals surface area (Å²) in [6, 6.07) is 0. The molecule has 76 valence electrons. The van der Waals surface area contributed by atoms with Crippen LogP contribution in [0.15, 0.2) is 12.2 Å². The summed E-state index contributed by atoms with van der Waals surface area (Å²) in [6.45, 7) is 4.06. The molecule has 1 nitrogen and oxygen atoms in total. The van der Waals surface area contributed by atoms with Gasteiger partial charge in [0.1, 0.15) is 5.78 Å². The molecule has 0 unspecified atom stereocenters. The van der Waals surface area contributed by atoms with Crippen LogP contribution in [0.2, 0.25) is 0 Å². The summed E-state index contributed by atoms with van der Waals surface area (Å²) in [5.41, 5.74) is 1.65. The fourth-order valence-electron chi connectivity index (χ4n) is 4.29. The van der Waals surface area contributed by atoms with Crippen LogP contribution in [0.5, 0.6) is 0 Å². The maximum atomic E-state index is 11.9. The van der Waals surface area contributed by atoms with Crippen LogP contribution in [0.3, 0.4) is 0 Å². The van der Waals surface area contributed by atoms with Crippen LogP contribution in [-0.2, 0) is 4.79 Å². The Balaban J connectivity index is 1.95. The van der Waals surface area contributed by atoms with E-state index in [1.54, 1.807) is 0 Å². The van der Waals surface area contributed by atoms with Gasteiger partial charge in [0.2, 0.25) is 0 Å². The largest absolute Gasteiger partial charge is 0.299 e. The predicted octanol–water partition coefficient (Wildman–Crippen LogP) is 3.10. The van der Waals surface area contributed by atoms with Gasteiger partial charge in [-0.15, -0.1) is 0 Å². The molecule has 0 N–H and O–H groups in total. The van der Waals surface area contributed by atoms with Gasteiger partial charge in [-0.1, -0.05) is 25.0 Å². The lowest BCUT2D eigenvalue weighted by Crippen LogP contribution is -2.55. The van der Waals surface area contributed by atoms with Crippen LogP contribution in [0.25, 0.3) is 0 Å². The molecule has 3 aliphatic carbocycles. The van der Waals surface area contributed by atoms with E-state index in [1.807, 2.05) is 0 Å². The molecule has 3 fully saturated rings. The number of hydrogen-bond acceptors (Lipinski definition) is 1. The molecule has 0 heterocycles. The van der Waals surface area contributed by atoms with Gasteiger partial charge in [-0.05, 0) is 37.0 Å². The van der Waals surface area contributed by atoms with Crippen molar-refractivity contribution in [2.75, 3.05) is 0 Å². The summed E-state index contributed by atoms with van der Waals surface area (Å²) in [5, 5.41) is 0. The van der Waals surface area contributed by atoms with Gasteiger partial charge in [0.05, 0.1) is 0 Å². The highest BCUT2D eigenvalue weighted by molar-refractivity contribution is 5.87. The lowest BCUT2D eigenvalue weighted by Gasteiger charge is -2.60. The molecule has 1 spiro atoms. The minimum atomic E-state index is 0.279. The smallest absolute Gasteiger partial charge is 0.140 e. The van der Waals surface area contributed by atoms with Gasteiger partial charge in [-0.3, -0.25) is 4.79 Å². The second-order valence-corrected chi connectivity index (χ2v) is 5.45. The molecule has 0 aliphatic heterocycles. The van der Waals surface area contributed by atoms with Crippen LogP contribution >= 0.6 is 0 Å². The molecule has 0 aromatic rings. The van der Waals surface area contributed by atoms with E-state index in [4.69, 9.17) is 0 Å². The summed E-state index contributed by atoms with van der Waals surface area (Å²) < 4.78 is 0. The highest BCUT2D eigenvalue weighted by Gasteiger charge is 2.59. The lowest BCUT2D eigenvalue weighted by atomic mass is 9.43. The monoisotopic (exact) mass is 190 g/mol. The van der Waals surface area contributed by atoms with Gasteiger partial charge in [-0.25, -0.2) is 0 Å². The van der Waals surface area contributed by atoms with Gasteiger partial charge in [0.25, 0.3) is 0 Å². The van der Waals surface area contributed by atoms with Crippen LogP contribution in [0.1, 0.15) is 44.9 Å². The topological polar surface area (TPSA) is 17.1 Å². The van der Waals surface area contributed by atoms with Crippen LogP contribution < -0.4 is 0 Å². The Bertz CT molecular complexity index is 304. The molecule has 3 aliphatic rings. The second kappa shape index (κ2) is 2.71. The number of hydrogen-bond donors (Lipinski definition) is 0. The fraction of sp³-hybridized carbons (Fsp3) is 0.769. The SMILES string of the molecule is C=C1C[C@@]23CCCC[C@H]2CCC(=O)[C@@H]13. The quantitative estimate of drug-likeness (QED) is 0.536. The molecular weight excluding hydrogens is 172 g/mol. The molecule has 14 heavy (non-hydrogen) atoms. The Morgan fingerprint density at radius 2 is 2.14 bits per heavy atom. The normalized spacial score (nSPS) is 46.6. The molecule has 0 saturated heterocycles. The number of allylic oxidation sites excluding steroid dienone is 1. The molecule has 3 rings (SSSR count). The Morgan fingerprint density at radius 3 is 2.93 bits per heavy atom. The molecule has 3 atom stereocenters. The van der Waals surface area contributed by atoms with Gasteiger partial charge < -0.3 is 0 Å². The molecule has 1 heteroatoms. The van der Waals surface area contributed by atoms with Crippen LogP contribution in [0, 0.1) is 17.3 Å². The fourth-order valence-corrected chi connectivity index (χ4v) is 4.29. The van der Waals surface area contributed by atoms with Crippen molar-refractivity contribution in [3.63, 3.8) is 0 Å². The maximum Gasteiger partial charge on any atom is 0.140 e. The predicted molar refractivity (Wildman–Crippen MR) is 55.9 cm³/mol. The standard InChI is InChI=1S/C13H18O/c1-9-8-13-7-3-2-4-10(13)5-6-11(14)12(9)13/h10,12H,1-8H2/t10-,12+,13-/m0/s1. The third kappa shape index (κ3) is 0.884. The average molecular weight is 190 g/mol. The van der Waals surface area contributed by atoms with Crippen molar-refractivity contribution in [1.29, 1.82) is 0 Å². The molecule has 3 saturated carbocycles. The maximum absolute atomic E-state index is 11.9. The van der Waals surface area contributed by atoms with Crippen molar-refractivity contribution in [1.82, 2.24) is 0 Å². The second-order valence-electron chi connectivity index (χ2n) is 5.45. The first-order chi connectivity index (χ1) is 6.74. The molecule has 0 amide bonds. The molecule has 0 bridgehead atoms. The number of carbonyl (C=O) groups is 1. The summed E-state index contributed by atoms with van der Waals surface area (Å²) in [6.07, 6.45) is 8.56. The van der Waals surface area contributed by atoms with Crippen molar-refractivity contribution in [2.45, 2.75) is 44.9 Å². The summed E-state index contributed by atoms with van der Waals surface area (Å²) in [5.74, 6) is 1.63. The number of Topliss-reactive ketones (excluding diaryl/α,β-unsaturated/α-hetero) is 1. The number of carbonyl (C=O) groups excluding carboxylic acids is 1. The summed E-state index contributed by atoms with van der Waals surface area (Å²) >= 11 is 0. The zero-order chi connectivity index (χ0) is 9.76. The minimum Gasteiger partial charge on any atom is -0.299 e. The van der Waals surface area contributed by atoms with E-state index in [0.717, 1.165) is 18.8 Å². The van der Waals surface area contributed by atoms with E-state index >= 15 is 0 Å². The van der Waals surface area contributed by atoms with Gasteiger partial charge in [0.15, 0.2) is 0 Å². The van der Waals surface area contributed by atoms with Gasteiger partial charge in [0, 0.05) is 12.3 Å². The summed E-state index contributed by atoms with van der Waals surface area (Å²) in [7, 11) is 0. The van der Waals surface area contributed by atoms with E-state index in [-0.39, 0.29) is 5.92 Å². The van der Waals surface area contributed by atoms with Gasteiger partial charge >= 0.3 is 0 Å². The lowest BCUT2D eigenvalue weighted by molar-refractivity contribution is -0.141. The first-order valence-corrected chi connectivity index (χ1v) is 5.94. The third-order valence-electron chi connectivity index (χ3n) is 4.86. The number of rotatable bonds is 0. The van der Waals surface area contributed by atoms with Crippen molar-refractivity contribution in [2.24, 2.45) is 17.3 Å². The molecule has 0 aromatic carbocycles. The molecule has 0 aromatic heterocycles. The Kier molecular flexibility index (Phi) is 1.68. The average Bonchev–Trinajstić information content (AvgIpc) is 2.15. The van der Waals surface area contributed by atoms with E-state index in [0.29, 0.717) is 11.2 Å². The first-order valence-electron chi connectivity index (χ1n) is 5.94. The third-order valence-corrected chi connectivity index (χ3v) is 4.86. The number of ketones is 1. The molecule has 0 radical (unpaired) electrons. The summed E-state index contributed by atoms with van der Waals surface area (Å²) in [4.78, 5) is 11.9. The van der Waals surface area contributed by atoms with Crippen LogP contribution in [-0.4, -0.2) is 5.78 Å². The molecular formula is C13H18O. The zero-order valence-corrected chi connectivity index (χ0v) is 8.72. The first kappa shape index (κ1) is 8.70. The van der Waals surface area contributed by atoms with E-state index in [1.165, 1.54) is 37.7 Å². The van der Waals surface area contributed by atoms with E-state index in [9.17, 15) is 4.79 Å². The Morgan fingerprint density at radius 1 is 1.29 bits per heavy atom. The van der Waals surface area contributed by atoms with Crippen molar-refractivity contribution >= 4 is 5.78 Å². The Hall–Kier alpha value is -0.590. The van der Waals surface area contributed by atoms with E-state index < -0.39 is 0 Å². The highest BCUT2D eigenvalue weighted by atomic mass is 16.1. The van der Waals surface area contributed by atoms with Crippen LogP contribution in [0.4, 0.5) is 0 Å². The highest BCUT2D eigenvalue weighted by Crippen LogP contribution is 2.64. The zero-order valence-electron chi connectivity index (χ0n) is 8.72. The minimum absolute atomic E-state index is 0.279. The van der Waals surface area contributed by atoms with E-state index in [2.05, 4.69) is 6.58 Å². The van der Waals surface area contributed by atoms with Gasteiger partial charge in [-0.2, -0.15) is 0 Å². The Labute approximate surface area is 85.6 Å².